The van der Waals surface area contributed by atoms with Gasteiger partial charge in [0.05, 0.1) is 18.1 Å². The third-order valence-electron chi connectivity index (χ3n) is 2.32. The molecule has 6 nitrogen and oxygen atoms in total. The Morgan fingerprint density at radius 2 is 1.95 bits per heavy atom. The van der Waals surface area contributed by atoms with Gasteiger partial charge >= 0.3 is 0 Å². The summed E-state index contributed by atoms with van der Waals surface area (Å²) in [7, 11) is -7.64. The van der Waals surface area contributed by atoms with Gasteiger partial charge in [-0.1, -0.05) is 18.4 Å². The van der Waals surface area contributed by atoms with E-state index in [2.05, 4.69) is 22.6 Å². The van der Waals surface area contributed by atoms with E-state index in [4.69, 9.17) is 4.55 Å². The van der Waals surface area contributed by atoms with Crippen LogP contribution in [0.1, 0.15) is 26.2 Å². The van der Waals surface area contributed by atoms with Crippen LogP contribution in [0.2, 0.25) is 0 Å². The molecule has 0 aliphatic rings. The van der Waals surface area contributed by atoms with E-state index in [1.165, 1.54) is 6.08 Å². The van der Waals surface area contributed by atoms with Gasteiger partial charge in [0.2, 0.25) is 0 Å². The summed E-state index contributed by atoms with van der Waals surface area (Å²) in [5.74, 6) is 4.21. The van der Waals surface area contributed by atoms with Crippen molar-refractivity contribution in [2.24, 2.45) is 5.92 Å². The van der Waals surface area contributed by atoms with Crippen LogP contribution >= 0.6 is 0 Å². The number of rotatable bonds is 10. The Bertz CT molecular complexity index is 550. The zero-order valence-electron chi connectivity index (χ0n) is 11.4. The highest BCUT2D eigenvalue weighted by molar-refractivity contribution is 7.86. The average Bonchev–Trinajstić information content (AvgIpc) is 2.30. The Morgan fingerprint density at radius 1 is 1.30 bits per heavy atom. The second kappa shape index (κ2) is 9.13. The van der Waals surface area contributed by atoms with Gasteiger partial charge in [-0.2, -0.15) is 16.8 Å². The molecule has 0 aromatic heterocycles. The topological polar surface area (TPSA) is 97.7 Å². The molecule has 0 fully saturated rings. The molecule has 1 N–H and O–H groups in total. The van der Waals surface area contributed by atoms with E-state index in [1.54, 1.807) is 6.92 Å². The Balaban J connectivity index is 4.18. The second-order valence-corrected chi connectivity index (χ2v) is 7.43. The molecule has 1 unspecified atom stereocenters. The van der Waals surface area contributed by atoms with Gasteiger partial charge in [-0.05, 0) is 19.8 Å². The van der Waals surface area contributed by atoms with Crippen LogP contribution in [0.3, 0.4) is 0 Å². The summed E-state index contributed by atoms with van der Waals surface area (Å²) >= 11 is 0. The maximum atomic E-state index is 11.4. The maximum Gasteiger partial charge on any atom is 0.267 e. The minimum Gasteiger partial charge on any atom is -0.286 e. The molecule has 0 aromatic carbocycles. The summed E-state index contributed by atoms with van der Waals surface area (Å²) in [6.45, 7) is 4.87. The lowest BCUT2D eigenvalue weighted by Gasteiger charge is -2.08. The minimum absolute atomic E-state index is 0.0605. The summed E-state index contributed by atoms with van der Waals surface area (Å²) < 4.78 is 57.7. The third kappa shape index (κ3) is 11.0. The van der Waals surface area contributed by atoms with Crippen LogP contribution in [0.5, 0.6) is 0 Å². The normalized spacial score (nSPS) is 13.3. The standard InChI is InChI=1S/C12H20O6S2/c1-3-7-12(11-19(13,14)15)8-5-6-10-20(16,17)18-9-4-2/h4,12H,2,5-6,8-11H2,1H3,(H,13,14,15). The smallest absolute Gasteiger partial charge is 0.267 e. The van der Waals surface area contributed by atoms with Crippen LogP contribution in [0.4, 0.5) is 0 Å². The lowest BCUT2D eigenvalue weighted by Crippen LogP contribution is -2.15. The van der Waals surface area contributed by atoms with Crippen LogP contribution in [0, 0.1) is 17.8 Å². The van der Waals surface area contributed by atoms with Crippen LogP contribution in [0.15, 0.2) is 12.7 Å². The molecule has 0 aliphatic carbocycles. The van der Waals surface area contributed by atoms with E-state index in [0.717, 1.165) is 0 Å². The molecular formula is C12H20O6S2. The van der Waals surface area contributed by atoms with Gasteiger partial charge in [-0.25, -0.2) is 0 Å². The maximum absolute atomic E-state index is 11.4. The Morgan fingerprint density at radius 3 is 2.45 bits per heavy atom. The molecule has 116 valence electrons. The fraction of sp³-hybridized carbons (Fsp3) is 0.667. The summed E-state index contributed by atoms with van der Waals surface area (Å²) in [6.07, 6.45) is 2.56. The lowest BCUT2D eigenvalue weighted by molar-refractivity contribution is 0.356. The fourth-order valence-corrected chi connectivity index (χ4v) is 3.27. The van der Waals surface area contributed by atoms with Gasteiger partial charge in [0.1, 0.15) is 0 Å². The van der Waals surface area contributed by atoms with Crippen LogP contribution in [-0.4, -0.2) is 39.5 Å². The summed E-state index contributed by atoms with van der Waals surface area (Å²) in [5, 5.41) is 0. The van der Waals surface area contributed by atoms with Gasteiger partial charge < -0.3 is 0 Å². The van der Waals surface area contributed by atoms with Gasteiger partial charge in [-0.15, -0.1) is 12.5 Å². The SMILES string of the molecule is C=CCOS(=O)(=O)CCCCC(C#CC)CS(=O)(=O)O. The molecule has 0 radical (unpaired) electrons. The Labute approximate surface area is 121 Å². The van der Waals surface area contributed by atoms with Gasteiger partial charge in [0, 0.05) is 5.92 Å². The number of hydrogen-bond acceptors (Lipinski definition) is 5. The predicted octanol–water partition coefficient (Wildman–Crippen LogP) is 1.22. The molecule has 8 heteroatoms. The molecule has 0 aromatic rings. The van der Waals surface area contributed by atoms with Crippen molar-refractivity contribution >= 4 is 20.2 Å². The van der Waals surface area contributed by atoms with Gasteiger partial charge in [-0.3, -0.25) is 8.74 Å². The molecule has 0 rings (SSSR count). The molecular weight excluding hydrogens is 304 g/mol. The lowest BCUT2D eigenvalue weighted by atomic mass is 10.1. The Kier molecular flexibility index (Phi) is 8.73. The van der Waals surface area contributed by atoms with E-state index in [9.17, 15) is 16.8 Å². The third-order valence-corrected chi connectivity index (χ3v) is 4.43. The van der Waals surface area contributed by atoms with Crippen molar-refractivity contribution in [3.63, 3.8) is 0 Å². The largest absolute Gasteiger partial charge is 0.286 e. The monoisotopic (exact) mass is 324 g/mol. The first-order valence-electron chi connectivity index (χ1n) is 6.05. The van der Waals surface area contributed by atoms with Crippen molar-refractivity contribution in [2.45, 2.75) is 26.2 Å². The molecule has 0 spiro atoms. The zero-order chi connectivity index (χ0) is 15.6. The summed E-state index contributed by atoms with van der Waals surface area (Å²) in [6, 6.07) is 0. The van der Waals surface area contributed by atoms with Crippen molar-refractivity contribution in [2.75, 3.05) is 18.1 Å². The minimum atomic E-state index is -4.08. The average molecular weight is 324 g/mol. The van der Waals surface area contributed by atoms with Crippen molar-refractivity contribution in [1.29, 1.82) is 0 Å². The van der Waals surface area contributed by atoms with E-state index in [1.807, 2.05) is 0 Å². The highest BCUT2D eigenvalue weighted by Gasteiger charge is 2.16. The summed E-state index contributed by atoms with van der Waals surface area (Å²) in [5.41, 5.74) is 0. The first-order valence-corrected chi connectivity index (χ1v) is 9.24. The van der Waals surface area contributed by atoms with E-state index >= 15 is 0 Å². The van der Waals surface area contributed by atoms with E-state index in [-0.39, 0.29) is 12.4 Å². The second-order valence-electron chi connectivity index (χ2n) is 4.17. The van der Waals surface area contributed by atoms with Gasteiger partial charge in [0.15, 0.2) is 0 Å². The molecule has 0 bridgehead atoms. The van der Waals surface area contributed by atoms with Crippen LogP contribution < -0.4 is 0 Å². The van der Waals surface area contributed by atoms with E-state index < -0.39 is 31.9 Å². The van der Waals surface area contributed by atoms with Crippen molar-refractivity contribution in [3.05, 3.63) is 12.7 Å². The highest BCUT2D eigenvalue weighted by atomic mass is 32.2. The first-order chi connectivity index (χ1) is 9.20. The van der Waals surface area contributed by atoms with Crippen molar-refractivity contribution < 1.29 is 25.6 Å². The first kappa shape index (κ1) is 19.1. The van der Waals surface area contributed by atoms with Crippen LogP contribution in [0.25, 0.3) is 0 Å². The Hall–Kier alpha value is -0.880. The summed E-state index contributed by atoms with van der Waals surface area (Å²) in [4.78, 5) is 0. The van der Waals surface area contributed by atoms with Crippen molar-refractivity contribution in [3.8, 4) is 11.8 Å². The molecule has 0 saturated heterocycles. The fourth-order valence-electron chi connectivity index (χ4n) is 1.54. The number of unbranched alkanes of at least 4 members (excludes halogenated alkanes) is 1. The number of hydrogen-bond donors (Lipinski definition) is 1. The molecule has 0 amide bonds. The zero-order valence-corrected chi connectivity index (χ0v) is 13.0. The molecule has 0 saturated carbocycles. The highest BCUT2D eigenvalue weighted by Crippen LogP contribution is 2.11. The molecule has 0 heterocycles. The van der Waals surface area contributed by atoms with E-state index in [0.29, 0.717) is 19.3 Å². The quantitative estimate of drug-likeness (QED) is 0.213. The molecule has 1 atom stereocenters. The van der Waals surface area contributed by atoms with Crippen molar-refractivity contribution in [1.82, 2.24) is 0 Å². The van der Waals surface area contributed by atoms with Crippen LogP contribution in [-0.2, 0) is 24.4 Å². The molecule has 20 heavy (non-hydrogen) atoms. The van der Waals surface area contributed by atoms with Gasteiger partial charge in [0.25, 0.3) is 20.2 Å². The predicted molar refractivity (Wildman–Crippen MR) is 77.1 cm³/mol. The molecule has 0 aliphatic heterocycles.